The molecule has 28 heavy (non-hydrogen) atoms. The Balaban J connectivity index is 1.23. The molecule has 0 saturated carbocycles. The van der Waals surface area contributed by atoms with Gasteiger partial charge in [0.05, 0.1) is 32.7 Å². The summed E-state index contributed by atoms with van der Waals surface area (Å²) in [6.45, 7) is 5.45. The summed E-state index contributed by atoms with van der Waals surface area (Å²) in [6, 6.07) is 18.1. The molecule has 0 aliphatic carbocycles. The summed E-state index contributed by atoms with van der Waals surface area (Å²) in [7, 11) is 1.85. The standard InChI is InChI=1S/C22H27N3O3/c1-23(15-19-17-27-20-9-5-6-10-21(20)28-19)22(26)16-24-11-13-25(14-12-24)18-7-3-2-4-8-18/h2-10,19H,11-17H2,1H3/p+1/t19-/m0/s1. The Morgan fingerprint density at radius 2 is 1.75 bits per heavy atom. The van der Waals surface area contributed by atoms with Crippen molar-refractivity contribution in [2.24, 2.45) is 0 Å². The van der Waals surface area contributed by atoms with Crippen LogP contribution in [0.15, 0.2) is 54.6 Å². The van der Waals surface area contributed by atoms with Crippen LogP contribution in [-0.2, 0) is 4.79 Å². The van der Waals surface area contributed by atoms with E-state index in [2.05, 4.69) is 29.2 Å². The van der Waals surface area contributed by atoms with Gasteiger partial charge in [-0.1, -0.05) is 30.3 Å². The predicted molar refractivity (Wildman–Crippen MR) is 108 cm³/mol. The zero-order chi connectivity index (χ0) is 19.3. The number of nitrogens with one attached hydrogen (secondary N) is 1. The van der Waals surface area contributed by atoms with Gasteiger partial charge in [0.15, 0.2) is 24.1 Å². The van der Waals surface area contributed by atoms with E-state index in [1.165, 1.54) is 10.6 Å². The van der Waals surface area contributed by atoms with Crippen LogP contribution in [0.1, 0.15) is 0 Å². The highest BCUT2D eigenvalue weighted by molar-refractivity contribution is 5.76. The number of carbonyl (C=O) groups excluding carboxylic acids is 1. The van der Waals surface area contributed by atoms with Crippen LogP contribution in [0, 0.1) is 0 Å². The molecule has 0 bridgehead atoms. The maximum atomic E-state index is 12.7. The first-order valence-electron chi connectivity index (χ1n) is 9.95. The number of carbonyl (C=O) groups is 1. The van der Waals surface area contributed by atoms with E-state index in [0.717, 1.165) is 37.7 Å². The predicted octanol–water partition coefficient (Wildman–Crippen LogP) is 0.690. The zero-order valence-electron chi connectivity index (χ0n) is 16.3. The molecule has 6 nitrogen and oxygen atoms in total. The van der Waals surface area contributed by atoms with Gasteiger partial charge in [0.25, 0.3) is 5.91 Å². The number of hydrogen-bond acceptors (Lipinski definition) is 4. The lowest BCUT2D eigenvalue weighted by Gasteiger charge is -2.34. The van der Waals surface area contributed by atoms with Crippen molar-refractivity contribution >= 4 is 11.6 Å². The summed E-state index contributed by atoms with van der Waals surface area (Å²) in [5.74, 6) is 1.68. The minimum absolute atomic E-state index is 0.131. The van der Waals surface area contributed by atoms with Crippen LogP contribution in [0.5, 0.6) is 11.5 Å². The summed E-state index contributed by atoms with van der Waals surface area (Å²) in [5, 5.41) is 0. The Labute approximate surface area is 166 Å². The lowest BCUT2D eigenvalue weighted by molar-refractivity contribution is -0.892. The van der Waals surface area contributed by atoms with Gasteiger partial charge in [-0.25, -0.2) is 0 Å². The average Bonchev–Trinajstić information content (AvgIpc) is 2.75. The maximum absolute atomic E-state index is 12.7. The SMILES string of the molecule is CN(C[C@H]1COc2ccccc2O1)C(=O)C[NH+]1CCN(c2ccccc2)CC1. The molecule has 2 aliphatic heterocycles. The summed E-state index contributed by atoms with van der Waals surface area (Å²) < 4.78 is 11.7. The molecule has 4 rings (SSSR count). The zero-order valence-corrected chi connectivity index (χ0v) is 16.3. The van der Waals surface area contributed by atoms with Gasteiger partial charge in [-0.15, -0.1) is 0 Å². The molecule has 0 unspecified atom stereocenters. The molecular formula is C22H28N3O3+. The molecular weight excluding hydrogens is 354 g/mol. The molecule has 1 saturated heterocycles. The summed E-state index contributed by atoms with van der Waals surface area (Å²) in [5.41, 5.74) is 1.26. The highest BCUT2D eigenvalue weighted by atomic mass is 16.6. The third kappa shape index (κ3) is 4.39. The molecule has 1 amide bonds. The monoisotopic (exact) mass is 382 g/mol. The lowest BCUT2D eigenvalue weighted by Crippen LogP contribution is -3.15. The summed E-state index contributed by atoms with van der Waals surface area (Å²) in [6.07, 6.45) is -0.131. The minimum atomic E-state index is -0.131. The molecule has 2 aromatic rings. The van der Waals surface area contributed by atoms with Gasteiger partial charge >= 0.3 is 0 Å². The molecule has 1 N–H and O–H groups in total. The summed E-state index contributed by atoms with van der Waals surface area (Å²) >= 11 is 0. The van der Waals surface area contributed by atoms with Crippen LogP contribution in [0.3, 0.4) is 0 Å². The number of piperazine rings is 1. The first-order valence-corrected chi connectivity index (χ1v) is 9.95. The van der Waals surface area contributed by atoms with Crippen molar-refractivity contribution in [2.45, 2.75) is 6.10 Å². The second kappa shape index (κ2) is 8.52. The van der Waals surface area contributed by atoms with Crippen molar-refractivity contribution in [3.63, 3.8) is 0 Å². The number of hydrogen-bond donors (Lipinski definition) is 1. The van der Waals surface area contributed by atoms with Crippen LogP contribution >= 0.6 is 0 Å². The Kier molecular flexibility index (Phi) is 5.67. The van der Waals surface area contributed by atoms with Crippen molar-refractivity contribution in [1.29, 1.82) is 0 Å². The Bertz CT molecular complexity index is 791. The van der Waals surface area contributed by atoms with Crippen LogP contribution in [0.2, 0.25) is 0 Å². The number of amides is 1. The van der Waals surface area contributed by atoms with Gasteiger partial charge in [-0.2, -0.15) is 0 Å². The van der Waals surface area contributed by atoms with Gasteiger partial charge < -0.3 is 24.2 Å². The molecule has 1 atom stereocenters. The third-order valence-corrected chi connectivity index (χ3v) is 5.46. The number of ether oxygens (including phenoxy) is 2. The van der Waals surface area contributed by atoms with Crippen LogP contribution in [-0.4, -0.2) is 69.8 Å². The van der Waals surface area contributed by atoms with Gasteiger partial charge in [0, 0.05) is 12.7 Å². The molecule has 0 spiro atoms. The average molecular weight is 382 g/mol. The highest BCUT2D eigenvalue weighted by Crippen LogP contribution is 2.30. The number of likely N-dealkylation sites (N-methyl/N-ethyl adjacent to an activating group) is 1. The topological polar surface area (TPSA) is 46.5 Å². The minimum Gasteiger partial charge on any atom is -0.486 e. The van der Waals surface area contributed by atoms with E-state index in [-0.39, 0.29) is 12.0 Å². The van der Waals surface area contributed by atoms with Crippen LogP contribution in [0.4, 0.5) is 5.69 Å². The number of benzene rings is 2. The lowest BCUT2D eigenvalue weighted by atomic mass is 10.2. The van der Waals surface area contributed by atoms with E-state index in [9.17, 15) is 4.79 Å². The van der Waals surface area contributed by atoms with Gasteiger partial charge in [0.2, 0.25) is 0 Å². The fraction of sp³-hybridized carbons (Fsp3) is 0.409. The van der Waals surface area contributed by atoms with Crippen molar-refractivity contribution in [1.82, 2.24) is 4.90 Å². The van der Waals surface area contributed by atoms with Gasteiger partial charge in [-0.3, -0.25) is 4.79 Å². The molecule has 148 valence electrons. The van der Waals surface area contributed by atoms with Crippen molar-refractivity contribution in [2.75, 3.05) is 57.8 Å². The molecule has 2 aromatic carbocycles. The second-order valence-corrected chi connectivity index (χ2v) is 7.52. The Morgan fingerprint density at radius 1 is 1.07 bits per heavy atom. The molecule has 1 fully saturated rings. The maximum Gasteiger partial charge on any atom is 0.277 e. The smallest absolute Gasteiger partial charge is 0.277 e. The second-order valence-electron chi connectivity index (χ2n) is 7.52. The van der Waals surface area contributed by atoms with E-state index in [4.69, 9.17) is 9.47 Å². The largest absolute Gasteiger partial charge is 0.486 e. The number of para-hydroxylation sites is 3. The third-order valence-electron chi connectivity index (χ3n) is 5.46. The number of nitrogens with zero attached hydrogens (tertiary/aromatic N) is 2. The fourth-order valence-electron chi connectivity index (χ4n) is 3.81. The van der Waals surface area contributed by atoms with Crippen molar-refractivity contribution in [3.05, 3.63) is 54.6 Å². The summed E-state index contributed by atoms with van der Waals surface area (Å²) in [4.78, 5) is 18.2. The molecule has 0 aromatic heterocycles. The Hall–Kier alpha value is -2.73. The molecule has 2 heterocycles. The van der Waals surface area contributed by atoms with E-state index >= 15 is 0 Å². The van der Waals surface area contributed by atoms with E-state index in [1.54, 1.807) is 4.90 Å². The molecule has 6 heteroatoms. The van der Waals surface area contributed by atoms with Crippen molar-refractivity contribution in [3.8, 4) is 11.5 Å². The first-order chi connectivity index (χ1) is 13.7. The normalized spacial score (nSPS) is 19.3. The number of anilines is 1. The number of quaternary nitrogens is 1. The van der Waals surface area contributed by atoms with E-state index < -0.39 is 0 Å². The van der Waals surface area contributed by atoms with Gasteiger partial charge in [0.1, 0.15) is 6.61 Å². The van der Waals surface area contributed by atoms with E-state index in [1.807, 2.05) is 37.4 Å². The van der Waals surface area contributed by atoms with Crippen LogP contribution < -0.4 is 19.3 Å². The molecule has 2 aliphatic rings. The van der Waals surface area contributed by atoms with Crippen LogP contribution in [0.25, 0.3) is 0 Å². The highest BCUT2D eigenvalue weighted by Gasteiger charge is 2.27. The number of rotatable bonds is 5. The number of fused-ring (bicyclic) bond motifs is 1. The van der Waals surface area contributed by atoms with E-state index in [0.29, 0.717) is 19.7 Å². The van der Waals surface area contributed by atoms with Gasteiger partial charge in [-0.05, 0) is 24.3 Å². The molecule has 0 radical (unpaired) electrons. The Morgan fingerprint density at radius 3 is 2.50 bits per heavy atom. The van der Waals surface area contributed by atoms with Crippen molar-refractivity contribution < 1.29 is 19.2 Å². The fourth-order valence-corrected chi connectivity index (χ4v) is 3.81. The first kappa shape index (κ1) is 18.6. The quantitative estimate of drug-likeness (QED) is 0.827.